The van der Waals surface area contributed by atoms with Crippen LogP contribution in [0.25, 0.3) is 0 Å². The van der Waals surface area contributed by atoms with E-state index in [9.17, 15) is 9.59 Å². The topological polar surface area (TPSA) is 58.6 Å². The van der Waals surface area contributed by atoms with Gasteiger partial charge in [-0.2, -0.15) is 0 Å². The van der Waals surface area contributed by atoms with Crippen LogP contribution in [0.3, 0.4) is 0 Å². The van der Waals surface area contributed by atoms with Gasteiger partial charge in [0.25, 0.3) is 5.91 Å². The molecule has 0 aliphatic heterocycles. The van der Waals surface area contributed by atoms with Crippen molar-refractivity contribution in [1.29, 1.82) is 0 Å². The maximum absolute atomic E-state index is 12.1. The van der Waals surface area contributed by atoms with Gasteiger partial charge in [-0.05, 0) is 36.8 Å². The Hall–Kier alpha value is -2.82. The zero-order valence-corrected chi connectivity index (χ0v) is 14.9. The average molecular weight is 340 g/mol. The van der Waals surface area contributed by atoms with Crippen molar-refractivity contribution in [1.82, 2.24) is 10.2 Å². The third-order valence-corrected chi connectivity index (χ3v) is 3.96. The van der Waals surface area contributed by atoms with E-state index in [-0.39, 0.29) is 11.8 Å². The van der Waals surface area contributed by atoms with Crippen molar-refractivity contribution in [3.8, 4) is 5.75 Å². The molecule has 132 valence electrons. The first kappa shape index (κ1) is 18.5. The van der Waals surface area contributed by atoms with Gasteiger partial charge in [0, 0.05) is 32.1 Å². The van der Waals surface area contributed by atoms with Gasteiger partial charge in [-0.15, -0.1) is 0 Å². The Kier molecular flexibility index (Phi) is 6.57. The molecule has 5 heteroatoms. The van der Waals surface area contributed by atoms with E-state index in [0.29, 0.717) is 25.2 Å². The van der Waals surface area contributed by atoms with Crippen LogP contribution in [0.15, 0.2) is 48.5 Å². The summed E-state index contributed by atoms with van der Waals surface area (Å²) in [6.45, 7) is 4.87. The molecule has 0 saturated carbocycles. The van der Waals surface area contributed by atoms with Crippen LogP contribution in [0.5, 0.6) is 5.75 Å². The normalized spacial score (nSPS) is 10.2. The van der Waals surface area contributed by atoms with Crippen molar-refractivity contribution in [2.24, 2.45) is 0 Å². The van der Waals surface area contributed by atoms with E-state index in [1.165, 1.54) is 6.92 Å². The van der Waals surface area contributed by atoms with Crippen LogP contribution in [0, 0.1) is 6.92 Å². The molecule has 0 spiro atoms. The smallest absolute Gasteiger partial charge is 0.251 e. The van der Waals surface area contributed by atoms with Gasteiger partial charge in [0.05, 0.1) is 7.11 Å². The molecule has 0 aliphatic rings. The van der Waals surface area contributed by atoms with Crippen LogP contribution in [-0.2, 0) is 11.3 Å². The Balaban J connectivity index is 1.87. The van der Waals surface area contributed by atoms with Gasteiger partial charge < -0.3 is 15.0 Å². The number of hydrogen-bond acceptors (Lipinski definition) is 3. The van der Waals surface area contributed by atoms with Gasteiger partial charge in [-0.3, -0.25) is 9.59 Å². The van der Waals surface area contributed by atoms with Gasteiger partial charge in [0.2, 0.25) is 5.91 Å². The maximum Gasteiger partial charge on any atom is 0.251 e. The number of methoxy groups -OCH3 is 1. The molecule has 0 aromatic heterocycles. The van der Waals surface area contributed by atoms with E-state index in [1.54, 1.807) is 24.1 Å². The second-order valence-corrected chi connectivity index (χ2v) is 5.91. The SMILES string of the molecule is COc1ccc(CN(CCNC(=O)c2ccc(C)cc2)C(C)=O)cc1. The number of nitrogens with zero attached hydrogens (tertiary/aromatic N) is 1. The molecular weight excluding hydrogens is 316 g/mol. The summed E-state index contributed by atoms with van der Waals surface area (Å²) in [5.41, 5.74) is 2.75. The van der Waals surface area contributed by atoms with Crippen LogP contribution in [0.2, 0.25) is 0 Å². The second kappa shape index (κ2) is 8.87. The molecule has 0 unspecified atom stereocenters. The van der Waals surface area contributed by atoms with Crippen molar-refractivity contribution in [3.63, 3.8) is 0 Å². The van der Waals surface area contributed by atoms with Gasteiger partial charge in [0.1, 0.15) is 5.75 Å². The van der Waals surface area contributed by atoms with Crippen molar-refractivity contribution in [3.05, 3.63) is 65.2 Å². The Bertz CT molecular complexity index is 709. The molecule has 0 atom stereocenters. The first-order valence-electron chi connectivity index (χ1n) is 8.23. The van der Waals surface area contributed by atoms with Crippen molar-refractivity contribution < 1.29 is 14.3 Å². The minimum atomic E-state index is -0.132. The van der Waals surface area contributed by atoms with Gasteiger partial charge in [0.15, 0.2) is 0 Å². The summed E-state index contributed by atoms with van der Waals surface area (Å²) in [7, 11) is 1.62. The molecule has 0 bridgehead atoms. The van der Waals surface area contributed by atoms with Crippen LogP contribution >= 0.6 is 0 Å². The van der Waals surface area contributed by atoms with Crippen LogP contribution in [0.4, 0.5) is 0 Å². The van der Waals surface area contributed by atoms with Crippen molar-refractivity contribution >= 4 is 11.8 Å². The summed E-state index contributed by atoms with van der Waals surface area (Å²) < 4.78 is 5.13. The standard InChI is InChI=1S/C20H24N2O3/c1-15-4-8-18(9-5-15)20(24)21-12-13-22(16(2)23)14-17-6-10-19(25-3)11-7-17/h4-11H,12-14H2,1-3H3,(H,21,24). The number of carbonyl (C=O) groups excluding carboxylic acids is 2. The van der Waals surface area contributed by atoms with E-state index in [1.807, 2.05) is 43.3 Å². The highest BCUT2D eigenvalue weighted by Crippen LogP contribution is 2.13. The molecule has 0 radical (unpaired) electrons. The molecule has 0 saturated heterocycles. The van der Waals surface area contributed by atoms with E-state index >= 15 is 0 Å². The Labute approximate surface area is 148 Å². The molecule has 0 aliphatic carbocycles. The summed E-state index contributed by atoms with van der Waals surface area (Å²) in [5.74, 6) is 0.622. The van der Waals surface area contributed by atoms with E-state index in [2.05, 4.69) is 5.32 Å². The molecule has 5 nitrogen and oxygen atoms in total. The van der Waals surface area contributed by atoms with Crippen LogP contribution in [0.1, 0.15) is 28.4 Å². The molecule has 2 amide bonds. The van der Waals surface area contributed by atoms with Crippen LogP contribution < -0.4 is 10.1 Å². The molecule has 2 rings (SSSR count). The van der Waals surface area contributed by atoms with E-state index < -0.39 is 0 Å². The fraction of sp³-hybridized carbons (Fsp3) is 0.300. The van der Waals surface area contributed by atoms with Crippen molar-refractivity contribution in [2.45, 2.75) is 20.4 Å². The highest BCUT2D eigenvalue weighted by atomic mass is 16.5. The lowest BCUT2D eigenvalue weighted by Crippen LogP contribution is -2.37. The predicted molar refractivity (Wildman–Crippen MR) is 97.6 cm³/mol. The average Bonchev–Trinajstić information content (AvgIpc) is 2.61. The number of amides is 2. The zero-order chi connectivity index (χ0) is 18.2. The summed E-state index contributed by atoms with van der Waals surface area (Å²) in [4.78, 5) is 25.7. The Morgan fingerprint density at radius 3 is 2.24 bits per heavy atom. The van der Waals surface area contributed by atoms with E-state index in [4.69, 9.17) is 4.74 Å². The fourth-order valence-electron chi connectivity index (χ4n) is 2.41. The monoisotopic (exact) mass is 340 g/mol. The second-order valence-electron chi connectivity index (χ2n) is 5.91. The Morgan fingerprint density at radius 1 is 1.04 bits per heavy atom. The number of nitrogens with one attached hydrogen (secondary N) is 1. The predicted octanol–water partition coefficient (Wildman–Crippen LogP) is 2.78. The summed E-state index contributed by atoms with van der Waals surface area (Å²) in [6, 6.07) is 15.0. The molecule has 0 heterocycles. The fourth-order valence-corrected chi connectivity index (χ4v) is 2.41. The number of benzene rings is 2. The summed E-state index contributed by atoms with van der Waals surface area (Å²) in [6.07, 6.45) is 0. The lowest BCUT2D eigenvalue weighted by molar-refractivity contribution is -0.129. The third-order valence-electron chi connectivity index (χ3n) is 3.96. The first-order valence-corrected chi connectivity index (χ1v) is 8.23. The van der Waals surface area contributed by atoms with Gasteiger partial charge in [-0.25, -0.2) is 0 Å². The minimum absolute atomic E-state index is 0.0274. The lowest BCUT2D eigenvalue weighted by atomic mass is 10.1. The molecule has 1 N–H and O–H groups in total. The third kappa shape index (κ3) is 5.64. The number of ether oxygens (including phenoxy) is 1. The number of rotatable bonds is 7. The highest BCUT2D eigenvalue weighted by molar-refractivity contribution is 5.94. The quantitative estimate of drug-likeness (QED) is 0.843. The first-order chi connectivity index (χ1) is 12.0. The largest absolute Gasteiger partial charge is 0.497 e. The van der Waals surface area contributed by atoms with E-state index in [0.717, 1.165) is 16.9 Å². The molecular formula is C20H24N2O3. The summed E-state index contributed by atoms with van der Waals surface area (Å²) in [5, 5.41) is 2.85. The van der Waals surface area contributed by atoms with Crippen molar-refractivity contribution in [2.75, 3.05) is 20.2 Å². The minimum Gasteiger partial charge on any atom is -0.497 e. The number of aryl methyl sites for hydroxylation is 1. The number of hydrogen-bond donors (Lipinski definition) is 1. The molecule has 2 aromatic rings. The lowest BCUT2D eigenvalue weighted by Gasteiger charge is -2.21. The van der Waals surface area contributed by atoms with Gasteiger partial charge in [-0.1, -0.05) is 29.8 Å². The zero-order valence-electron chi connectivity index (χ0n) is 14.9. The Morgan fingerprint density at radius 2 is 1.68 bits per heavy atom. The molecule has 2 aromatic carbocycles. The molecule has 25 heavy (non-hydrogen) atoms. The van der Waals surface area contributed by atoms with Gasteiger partial charge >= 0.3 is 0 Å². The number of carbonyl (C=O) groups is 2. The molecule has 0 fully saturated rings. The highest BCUT2D eigenvalue weighted by Gasteiger charge is 2.11. The van der Waals surface area contributed by atoms with Crippen LogP contribution in [-0.4, -0.2) is 36.9 Å². The maximum atomic E-state index is 12.1. The summed E-state index contributed by atoms with van der Waals surface area (Å²) >= 11 is 0.